The minimum atomic E-state index is -0.728. The summed E-state index contributed by atoms with van der Waals surface area (Å²) in [5.41, 5.74) is 2.90. The second-order valence-electron chi connectivity index (χ2n) is 6.73. The standard InChI is InChI=1S/C21H19N3O4S/c1-26-14-8-6-13(7-9-14)24-20(15-11-29-12-16(15)23-24)22-21(25)19-10-27-17-4-2-3-5-18(17)28-19/h2-9,19H,10-12H2,1H3,(H,22,25). The molecule has 1 aromatic heterocycles. The van der Waals surface area contributed by atoms with Crippen molar-refractivity contribution in [1.82, 2.24) is 9.78 Å². The number of para-hydroxylation sites is 2. The van der Waals surface area contributed by atoms with Gasteiger partial charge in [-0.15, -0.1) is 0 Å². The van der Waals surface area contributed by atoms with Gasteiger partial charge in [0.2, 0.25) is 6.10 Å². The van der Waals surface area contributed by atoms with E-state index in [4.69, 9.17) is 19.3 Å². The molecule has 1 unspecified atom stereocenters. The molecule has 0 radical (unpaired) electrons. The smallest absolute Gasteiger partial charge is 0.270 e. The first kappa shape index (κ1) is 17.9. The zero-order valence-electron chi connectivity index (χ0n) is 15.8. The summed E-state index contributed by atoms with van der Waals surface area (Å²) in [7, 11) is 1.63. The van der Waals surface area contributed by atoms with Crippen LogP contribution < -0.4 is 19.5 Å². The van der Waals surface area contributed by atoms with E-state index in [0.29, 0.717) is 17.3 Å². The molecule has 3 aromatic rings. The van der Waals surface area contributed by atoms with E-state index in [1.807, 2.05) is 42.5 Å². The molecule has 1 N–H and O–H groups in total. The topological polar surface area (TPSA) is 74.6 Å². The molecule has 5 rings (SSSR count). The van der Waals surface area contributed by atoms with E-state index in [1.165, 1.54) is 0 Å². The van der Waals surface area contributed by atoms with Gasteiger partial charge in [-0.1, -0.05) is 12.1 Å². The van der Waals surface area contributed by atoms with Crippen LogP contribution in [0.5, 0.6) is 17.2 Å². The number of thioether (sulfide) groups is 1. The summed E-state index contributed by atoms with van der Waals surface area (Å²) in [6, 6.07) is 14.9. The van der Waals surface area contributed by atoms with E-state index in [-0.39, 0.29) is 12.5 Å². The number of carbonyl (C=O) groups is 1. The minimum absolute atomic E-state index is 0.163. The van der Waals surface area contributed by atoms with E-state index < -0.39 is 6.10 Å². The minimum Gasteiger partial charge on any atom is -0.497 e. The van der Waals surface area contributed by atoms with Crippen molar-refractivity contribution >= 4 is 23.5 Å². The molecule has 29 heavy (non-hydrogen) atoms. The maximum atomic E-state index is 13.0. The second kappa shape index (κ2) is 7.36. The van der Waals surface area contributed by atoms with E-state index in [0.717, 1.165) is 34.2 Å². The van der Waals surface area contributed by atoms with Gasteiger partial charge in [0.15, 0.2) is 11.5 Å². The Morgan fingerprint density at radius 3 is 2.76 bits per heavy atom. The number of fused-ring (bicyclic) bond motifs is 2. The fourth-order valence-corrected chi connectivity index (χ4v) is 4.43. The van der Waals surface area contributed by atoms with E-state index in [1.54, 1.807) is 29.6 Å². The molecule has 0 spiro atoms. The fourth-order valence-electron chi connectivity index (χ4n) is 3.40. The maximum absolute atomic E-state index is 13.0. The van der Waals surface area contributed by atoms with Crippen molar-refractivity contribution in [2.75, 3.05) is 19.0 Å². The number of methoxy groups -OCH3 is 1. The van der Waals surface area contributed by atoms with E-state index >= 15 is 0 Å². The summed E-state index contributed by atoms with van der Waals surface area (Å²) in [4.78, 5) is 13.0. The van der Waals surface area contributed by atoms with Gasteiger partial charge < -0.3 is 19.5 Å². The van der Waals surface area contributed by atoms with Crippen LogP contribution in [0.1, 0.15) is 11.3 Å². The number of benzene rings is 2. The van der Waals surface area contributed by atoms with Gasteiger partial charge in [-0.25, -0.2) is 4.68 Å². The normalized spacial score (nSPS) is 16.9. The summed E-state index contributed by atoms with van der Waals surface area (Å²) in [6.45, 7) is 0.163. The zero-order chi connectivity index (χ0) is 19.8. The summed E-state index contributed by atoms with van der Waals surface area (Å²) < 4.78 is 18.5. The SMILES string of the molecule is COc1ccc(-n2nc3c(c2NC(=O)C2COc4ccccc4O2)CSC3)cc1. The van der Waals surface area contributed by atoms with Crippen LogP contribution in [0, 0.1) is 0 Å². The summed E-state index contributed by atoms with van der Waals surface area (Å²) in [5.74, 6) is 4.06. The number of hydrogen-bond donors (Lipinski definition) is 1. The second-order valence-corrected chi connectivity index (χ2v) is 7.72. The molecule has 8 heteroatoms. The van der Waals surface area contributed by atoms with Crippen LogP contribution in [0.25, 0.3) is 5.69 Å². The number of ether oxygens (including phenoxy) is 3. The van der Waals surface area contributed by atoms with Crippen molar-refractivity contribution in [2.45, 2.75) is 17.6 Å². The van der Waals surface area contributed by atoms with Crippen LogP contribution in [-0.2, 0) is 16.3 Å². The lowest BCUT2D eigenvalue weighted by molar-refractivity contribution is -0.125. The molecule has 0 saturated heterocycles. The molecule has 2 aliphatic rings. The molecule has 148 valence electrons. The van der Waals surface area contributed by atoms with Gasteiger partial charge in [-0.3, -0.25) is 4.79 Å². The van der Waals surface area contributed by atoms with Crippen molar-refractivity contribution in [3.63, 3.8) is 0 Å². The quantitative estimate of drug-likeness (QED) is 0.712. The summed E-state index contributed by atoms with van der Waals surface area (Å²) in [6.07, 6.45) is -0.728. The van der Waals surface area contributed by atoms with Crippen LogP contribution in [-0.4, -0.2) is 35.5 Å². The van der Waals surface area contributed by atoms with Crippen molar-refractivity contribution < 1.29 is 19.0 Å². The molecule has 7 nitrogen and oxygen atoms in total. The Balaban J connectivity index is 1.43. The number of carbonyl (C=O) groups excluding carboxylic acids is 1. The van der Waals surface area contributed by atoms with Crippen molar-refractivity contribution in [1.29, 1.82) is 0 Å². The first-order valence-corrected chi connectivity index (χ1v) is 10.4. The lowest BCUT2D eigenvalue weighted by Gasteiger charge is -2.25. The molecule has 3 heterocycles. The van der Waals surface area contributed by atoms with Crippen molar-refractivity contribution in [3.05, 3.63) is 59.8 Å². The van der Waals surface area contributed by atoms with E-state index in [9.17, 15) is 4.79 Å². The van der Waals surface area contributed by atoms with Crippen LogP contribution in [0.3, 0.4) is 0 Å². The first-order chi connectivity index (χ1) is 14.2. The highest BCUT2D eigenvalue weighted by atomic mass is 32.2. The number of aromatic nitrogens is 2. The van der Waals surface area contributed by atoms with Gasteiger partial charge >= 0.3 is 0 Å². The van der Waals surface area contributed by atoms with Crippen LogP contribution in [0.4, 0.5) is 5.82 Å². The first-order valence-electron chi connectivity index (χ1n) is 9.25. The average Bonchev–Trinajstić information content (AvgIpc) is 3.36. The van der Waals surface area contributed by atoms with Crippen molar-refractivity contribution in [2.24, 2.45) is 0 Å². The zero-order valence-corrected chi connectivity index (χ0v) is 16.6. The number of nitrogens with one attached hydrogen (secondary N) is 1. The molecule has 1 atom stereocenters. The van der Waals surface area contributed by atoms with Crippen LogP contribution in [0.2, 0.25) is 0 Å². The van der Waals surface area contributed by atoms with Gasteiger partial charge in [-0.05, 0) is 36.4 Å². The Hall–Kier alpha value is -3.13. The Kier molecular flexibility index (Phi) is 4.55. The number of hydrogen-bond acceptors (Lipinski definition) is 6. The summed E-state index contributed by atoms with van der Waals surface area (Å²) >= 11 is 1.78. The molecule has 2 aromatic carbocycles. The molecule has 0 bridgehead atoms. The lowest BCUT2D eigenvalue weighted by Crippen LogP contribution is -2.40. The Labute approximate surface area is 172 Å². The maximum Gasteiger partial charge on any atom is 0.270 e. The molecule has 1 amide bonds. The van der Waals surface area contributed by atoms with Gasteiger partial charge in [0.1, 0.15) is 18.2 Å². The molecule has 0 fully saturated rings. The number of anilines is 1. The fraction of sp³-hybridized carbons (Fsp3) is 0.238. The number of nitrogens with zero attached hydrogens (tertiary/aromatic N) is 2. The van der Waals surface area contributed by atoms with E-state index in [2.05, 4.69) is 5.32 Å². The van der Waals surface area contributed by atoms with Crippen LogP contribution >= 0.6 is 11.8 Å². The van der Waals surface area contributed by atoms with Gasteiger partial charge in [0, 0.05) is 17.1 Å². The molecule has 0 saturated carbocycles. The Bertz CT molecular complexity index is 1060. The van der Waals surface area contributed by atoms with Gasteiger partial charge in [0.05, 0.1) is 18.5 Å². The highest BCUT2D eigenvalue weighted by molar-refractivity contribution is 7.98. The summed E-state index contributed by atoms with van der Waals surface area (Å²) in [5, 5.41) is 7.75. The molecule has 2 aliphatic heterocycles. The Morgan fingerprint density at radius 2 is 1.97 bits per heavy atom. The van der Waals surface area contributed by atoms with Crippen molar-refractivity contribution in [3.8, 4) is 22.9 Å². The number of amides is 1. The largest absolute Gasteiger partial charge is 0.497 e. The highest BCUT2D eigenvalue weighted by Crippen LogP contribution is 2.37. The third-order valence-electron chi connectivity index (χ3n) is 4.91. The molecular formula is C21H19N3O4S. The monoisotopic (exact) mass is 409 g/mol. The average molecular weight is 409 g/mol. The third-order valence-corrected chi connectivity index (χ3v) is 5.88. The highest BCUT2D eigenvalue weighted by Gasteiger charge is 2.31. The molecule has 0 aliphatic carbocycles. The molecular weight excluding hydrogens is 390 g/mol. The third kappa shape index (κ3) is 3.29. The predicted molar refractivity (Wildman–Crippen MR) is 110 cm³/mol. The lowest BCUT2D eigenvalue weighted by atomic mass is 10.2. The Morgan fingerprint density at radius 1 is 1.17 bits per heavy atom. The van der Waals surface area contributed by atoms with Crippen LogP contribution in [0.15, 0.2) is 48.5 Å². The number of rotatable bonds is 4. The van der Waals surface area contributed by atoms with Gasteiger partial charge in [0.25, 0.3) is 5.91 Å². The predicted octanol–water partition coefficient (Wildman–Crippen LogP) is 3.41. The van der Waals surface area contributed by atoms with Gasteiger partial charge in [-0.2, -0.15) is 16.9 Å².